The third kappa shape index (κ3) is 4.00. The van der Waals surface area contributed by atoms with Crippen molar-refractivity contribution in [3.8, 4) is 0 Å². The minimum atomic E-state index is 0.173. The van der Waals surface area contributed by atoms with E-state index < -0.39 is 0 Å². The molecule has 0 unspecified atom stereocenters. The molecule has 116 valence electrons. The lowest BCUT2D eigenvalue weighted by molar-refractivity contribution is -0.112. The molecule has 0 saturated heterocycles. The number of hydrogen-bond acceptors (Lipinski definition) is 1. The molecule has 0 radical (unpaired) electrons. The molecular weight excluding hydrogens is 304 g/mol. The Kier molecular flexibility index (Phi) is 4.78. The zero-order valence-corrected chi connectivity index (χ0v) is 13.9. The zero-order valence-electron chi connectivity index (χ0n) is 13.2. The summed E-state index contributed by atoms with van der Waals surface area (Å²) in [6.07, 6.45) is 6.72. The van der Waals surface area contributed by atoms with Gasteiger partial charge >= 0.3 is 0 Å². The van der Waals surface area contributed by atoms with Crippen molar-refractivity contribution in [2.75, 3.05) is 0 Å². The van der Waals surface area contributed by atoms with E-state index in [0.717, 1.165) is 41.5 Å². The molecule has 1 fully saturated rings. The summed E-state index contributed by atoms with van der Waals surface area (Å²) < 4.78 is 0. The Bertz CT molecular complexity index is 699. The van der Waals surface area contributed by atoms with Crippen LogP contribution in [-0.4, -0.2) is 5.78 Å². The van der Waals surface area contributed by atoms with E-state index in [9.17, 15) is 4.79 Å². The molecule has 1 aliphatic carbocycles. The number of aryl methyl sites for hydroxylation is 1. The number of rotatable bonds is 2. The molecule has 1 saturated carbocycles. The Morgan fingerprint density at radius 3 is 1.83 bits per heavy atom. The number of ketones is 1. The van der Waals surface area contributed by atoms with E-state index in [4.69, 9.17) is 11.6 Å². The Hall–Kier alpha value is -2.12. The Morgan fingerprint density at radius 1 is 0.826 bits per heavy atom. The van der Waals surface area contributed by atoms with Crippen molar-refractivity contribution < 1.29 is 4.79 Å². The van der Waals surface area contributed by atoms with Crippen molar-refractivity contribution in [3.63, 3.8) is 0 Å². The number of carbonyl (C=O) groups excluding carboxylic acids is 1. The molecule has 0 heterocycles. The summed E-state index contributed by atoms with van der Waals surface area (Å²) >= 11 is 5.91. The monoisotopic (exact) mass is 322 g/mol. The van der Waals surface area contributed by atoms with E-state index in [1.165, 1.54) is 5.56 Å². The summed E-state index contributed by atoms with van der Waals surface area (Å²) in [5, 5.41) is 0.710. The van der Waals surface area contributed by atoms with Crippen LogP contribution in [0.25, 0.3) is 12.2 Å². The van der Waals surface area contributed by atoms with Gasteiger partial charge < -0.3 is 0 Å². The largest absolute Gasteiger partial charge is 0.289 e. The SMILES string of the molecule is Cc1ccc(C=C2CCCC(=Cc3ccc(Cl)cc3)C2=O)cc1. The standard InChI is InChI=1S/C21H19ClO/c1-15-5-7-16(8-6-15)13-18-3-2-4-19(21(18)23)14-17-9-11-20(22)12-10-17/h5-14H,2-4H2,1H3. The molecule has 0 spiro atoms. The molecule has 2 aromatic carbocycles. The van der Waals surface area contributed by atoms with Crippen LogP contribution in [0.4, 0.5) is 0 Å². The van der Waals surface area contributed by atoms with Crippen LogP contribution in [0, 0.1) is 6.92 Å². The van der Waals surface area contributed by atoms with Gasteiger partial charge in [0.2, 0.25) is 0 Å². The zero-order chi connectivity index (χ0) is 16.2. The second-order valence-electron chi connectivity index (χ2n) is 5.98. The average Bonchev–Trinajstić information content (AvgIpc) is 2.55. The molecule has 2 heteroatoms. The second-order valence-corrected chi connectivity index (χ2v) is 6.42. The lowest BCUT2D eigenvalue weighted by Gasteiger charge is -2.16. The van der Waals surface area contributed by atoms with Crippen molar-refractivity contribution in [2.45, 2.75) is 26.2 Å². The van der Waals surface area contributed by atoms with Crippen LogP contribution in [0.1, 0.15) is 36.0 Å². The minimum Gasteiger partial charge on any atom is -0.289 e. The Labute approximate surface area is 142 Å². The van der Waals surface area contributed by atoms with Gasteiger partial charge in [-0.3, -0.25) is 4.79 Å². The molecule has 0 N–H and O–H groups in total. The summed E-state index contributed by atoms with van der Waals surface area (Å²) in [6.45, 7) is 2.07. The number of hydrogen-bond donors (Lipinski definition) is 0. The highest BCUT2D eigenvalue weighted by atomic mass is 35.5. The summed E-state index contributed by atoms with van der Waals surface area (Å²) in [4.78, 5) is 12.7. The van der Waals surface area contributed by atoms with Gasteiger partial charge in [-0.25, -0.2) is 0 Å². The highest BCUT2D eigenvalue weighted by molar-refractivity contribution is 6.30. The van der Waals surface area contributed by atoms with Crippen LogP contribution < -0.4 is 0 Å². The Morgan fingerprint density at radius 2 is 1.30 bits per heavy atom. The smallest absolute Gasteiger partial charge is 0.185 e. The number of allylic oxidation sites excluding steroid dienone is 2. The number of halogens is 1. The van der Waals surface area contributed by atoms with Crippen LogP contribution in [0.2, 0.25) is 5.02 Å². The van der Waals surface area contributed by atoms with E-state index in [2.05, 4.69) is 31.2 Å². The molecule has 1 nitrogen and oxygen atoms in total. The van der Waals surface area contributed by atoms with Crippen LogP contribution in [0.5, 0.6) is 0 Å². The highest BCUT2D eigenvalue weighted by Gasteiger charge is 2.20. The maximum absolute atomic E-state index is 12.7. The van der Waals surface area contributed by atoms with E-state index in [1.54, 1.807) is 0 Å². The first-order chi connectivity index (χ1) is 11.1. The molecule has 0 aromatic heterocycles. The maximum Gasteiger partial charge on any atom is 0.185 e. The molecule has 2 aromatic rings. The summed E-state index contributed by atoms with van der Waals surface area (Å²) in [6, 6.07) is 15.9. The van der Waals surface area contributed by atoms with Crippen molar-refractivity contribution in [3.05, 3.63) is 81.4 Å². The first kappa shape index (κ1) is 15.8. The van der Waals surface area contributed by atoms with Crippen molar-refractivity contribution in [1.29, 1.82) is 0 Å². The quantitative estimate of drug-likeness (QED) is 0.632. The maximum atomic E-state index is 12.7. The van der Waals surface area contributed by atoms with Gasteiger partial charge in [0.1, 0.15) is 0 Å². The van der Waals surface area contributed by atoms with Crippen molar-refractivity contribution >= 4 is 29.5 Å². The van der Waals surface area contributed by atoms with Gasteiger partial charge in [0, 0.05) is 16.2 Å². The molecule has 0 amide bonds. The molecule has 0 aliphatic heterocycles. The number of Topliss-reactive ketones (excluding diaryl/α,β-unsaturated/α-hetero) is 1. The molecular formula is C21H19ClO. The van der Waals surface area contributed by atoms with Gasteiger partial charge in [0.05, 0.1) is 0 Å². The normalized spacial score (nSPS) is 18.6. The fourth-order valence-corrected chi connectivity index (χ4v) is 2.93. The molecule has 3 rings (SSSR count). The van der Waals surface area contributed by atoms with E-state index in [1.807, 2.05) is 36.4 Å². The molecule has 0 atom stereocenters. The van der Waals surface area contributed by atoms with Crippen molar-refractivity contribution in [2.24, 2.45) is 0 Å². The minimum absolute atomic E-state index is 0.173. The number of carbonyl (C=O) groups is 1. The molecule has 1 aliphatic rings. The van der Waals surface area contributed by atoms with Crippen LogP contribution >= 0.6 is 11.6 Å². The summed E-state index contributed by atoms with van der Waals surface area (Å²) in [5.41, 5.74) is 5.13. The van der Waals surface area contributed by atoms with E-state index in [-0.39, 0.29) is 5.78 Å². The van der Waals surface area contributed by atoms with Crippen LogP contribution in [0.15, 0.2) is 59.7 Å². The number of benzene rings is 2. The van der Waals surface area contributed by atoms with Crippen molar-refractivity contribution in [1.82, 2.24) is 0 Å². The lowest BCUT2D eigenvalue weighted by atomic mass is 9.87. The first-order valence-electron chi connectivity index (χ1n) is 7.90. The fourth-order valence-electron chi connectivity index (χ4n) is 2.80. The average molecular weight is 323 g/mol. The Balaban J connectivity index is 1.86. The third-order valence-corrected chi connectivity index (χ3v) is 4.36. The fraction of sp³-hybridized carbons (Fsp3) is 0.190. The van der Waals surface area contributed by atoms with E-state index in [0.29, 0.717) is 5.02 Å². The topological polar surface area (TPSA) is 17.1 Å². The molecule has 23 heavy (non-hydrogen) atoms. The van der Waals surface area contributed by atoms with Gasteiger partial charge in [0.15, 0.2) is 5.78 Å². The molecule has 0 bridgehead atoms. The second kappa shape index (κ2) is 6.97. The summed E-state index contributed by atoms with van der Waals surface area (Å²) in [7, 11) is 0. The van der Waals surface area contributed by atoms with Crippen LogP contribution in [-0.2, 0) is 4.79 Å². The van der Waals surface area contributed by atoms with Gasteiger partial charge in [-0.2, -0.15) is 0 Å². The van der Waals surface area contributed by atoms with Crippen LogP contribution in [0.3, 0.4) is 0 Å². The van der Waals surface area contributed by atoms with Gasteiger partial charge in [0.25, 0.3) is 0 Å². The predicted molar refractivity (Wildman–Crippen MR) is 97.4 cm³/mol. The summed E-state index contributed by atoms with van der Waals surface area (Å²) in [5.74, 6) is 0.173. The van der Waals surface area contributed by atoms with E-state index >= 15 is 0 Å². The third-order valence-electron chi connectivity index (χ3n) is 4.10. The highest BCUT2D eigenvalue weighted by Crippen LogP contribution is 2.28. The van der Waals surface area contributed by atoms with Gasteiger partial charge in [-0.1, -0.05) is 53.6 Å². The first-order valence-corrected chi connectivity index (χ1v) is 8.28. The predicted octanol–water partition coefficient (Wildman–Crippen LogP) is 5.87. The van der Waals surface area contributed by atoms with Gasteiger partial charge in [-0.15, -0.1) is 0 Å². The van der Waals surface area contributed by atoms with Gasteiger partial charge in [-0.05, 0) is 61.6 Å². The lowest BCUT2D eigenvalue weighted by Crippen LogP contribution is -2.12.